The zero-order chi connectivity index (χ0) is 20.8. The Balaban J connectivity index is 0.00000256. The van der Waals surface area contributed by atoms with Gasteiger partial charge in [0.15, 0.2) is 11.6 Å². The van der Waals surface area contributed by atoms with E-state index in [1.807, 2.05) is 0 Å². The molecular weight excluding hydrogens is 583 g/mol. The Kier molecular flexibility index (Phi) is 5.89. The summed E-state index contributed by atoms with van der Waals surface area (Å²) in [6, 6.07) is 8.33. The van der Waals surface area contributed by atoms with Crippen molar-refractivity contribution < 1.29 is 38.6 Å². The van der Waals surface area contributed by atoms with E-state index < -0.39 is 28.7 Å². The zero-order valence-corrected chi connectivity index (χ0v) is 17.7. The standard InChI is InChI=1S/C19H12F4N6.Pt/c1-19(2,17-24-9-28(26-17)15-5-3-11(20)7-13(15)22)18-25-10-29(27-18)16-6-4-12(21)8-14(16)23;/h3-4,7-10H,1-2H3;/q-2;+2. The van der Waals surface area contributed by atoms with Crippen molar-refractivity contribution in [1.82, 2.24) is 29.5 Å². The maximum Gasteiger partial charge on any atom is 2.00 e. The van der Waals surface area contributed by atoms with Crippen LogP contribution < -0.4 is 0 Å². The zero-order valence-electron chi connectivity index (χ0n) is 15.5. The van der Waals surface area contributed by atoms with E-state index in [2.05, 4.69) is 32.3 Å². The third-order valence-corrected chi connectivity index (χ3v) is 4.24. The Morgan fingerprint density at radius 1 is 0.767 bits per heavy atom. The molecule has 0 spiro atoms. The molecule has 0 bridgehead atoms. The van der Waals surface area contributed by atoms with E-state index in [4.69, 9.17) is 0 Å². The number of halogens is 4. The summed E-state index contributed by atoms with van der Waals surface area (Å²) in [7, 11) is 0. The van der Waals surface area contributed by atoms with E-state index in [1.54, 1.807) is 13.8 Å². The molecule has 0 aliphatic heterocycles. The summed E-state index contributed by atoms with van der Waals surface area (Å²) < 4.78 is 56.4. The summed E-state index contributed by atoms with van der Waals surface area (Å²) >= 11 is 0. The predicted octanol–water partition coefficient (Wildman–Crippen LogP) is 3.33. The molecule has 30 heavy (non-hydrogen) atoms. The summed E-state index contributed by atoms with van der Waals surface area (Å²) in [6.07, 6.45) is 2.52. The van der Waals surface area contributed by atoms with Gasteiger partial charge >= 0.3 is 21.1 Å². The van der Waals surface area contributed by atoms with Crippen LogP contribution in [0.2, 0.25) is 0 Å². The van der Waals surface area contributed by atoms with E-state index in [1.165, 1.54) is 12.7 Å². The van der Waals surface area contributed by atoms with Gasteiger partial charge in [0, 0.05) is 23.3 Å². The molecule has 6 nitrogen and oxygen atoms in total. The second-order valence-electron chi connectivity index (χ2n) is 6.68. The van der Waals surface area contributed by atoms with Crippen molar-refractivity contribution in [3.63, 3.8) is 0 Å². The Labute approximate surface area is 182 Å². The third kappa shape index (κ3) is 3.92. The first-order valence-corrected chi connectivity index (χ1v) is 8.34. The first kappa shape index (κ1) is 21.8. The molecule has 0 saturated carbocycles. The summed E-state index contributed by atoms with van der Waals surface area (Å²) in [5.74, 6) is -2.71. The van der Waals surface area contributed by atoms with Gasteiger partial charge in [-0.3, -0.25) is 17.6 Å². The smallest absolute Gasteiger partial charge is 0.284 e. The van der Waals surface area contributed by atoms with Crippen molar-refractivity contribution in [3.8, 4) is 11.4 Å². The van der Waals surface area contributed by atoms with E-state index in [-0.39, 0.29) is 44.1 Å². The van der Waals surface area contributed by atoms with Crippen LogP contribution in [0.15, 0.2) is 36.9 Å². The van der Waals surface area contributed by atoms with E-state index in [0.29, 0.717) is 0 Å². The maximum absolute atomic E-state index is 14.0. The molecule has 4 rings (SSSR count). The number of rotatable bonds is 4. The second kappa shape index (κ2) is 8.10. The van der Waals surface area contributed by atoms with Crippen molar-refractivity contribution in [2.45, 2.75) is 19.3 Å². The third-order valence-electron chi connectivity index (χ3n) is 4.24. The molecule has 0 saturated heterocycles. The average Bonchev–Trinajstić information content (AvgIpc) is 3.32. The quantitative estimate of drug-likeness (QED) is 0.269. The predicted molar refractivity (Wildman–Crippen MR) is 92.4 cm³/mol. The van der Waals surface area contributed by atoms with Crippen LogP contribution in [-0.4, -0.2) is 29.5 Å². The van der Waals surface area contributed by atoms with Gasteiger partial charge in [-0.2, -0.15) is 22.3 Å². The maximum atomic E-state index is 14.0. The Hall–Kier alpha value is -2.87. The molecule has 2 aromatic heterocycles. The molecule has 0 N–H and O–H groups in total. The van der Waals surface area contributed by atoms with Crippen LogP contribution in [0.1, 0.15) is 25.5 Å². The van der Waals surface area contributed by atoms with Crippen molar-refractivity contribution in [2.75, 3.05) is 0 Å². The molecule has 0 atom stereocenters. The van der Waals surface area contributed by atoms with Gasteiger partial charge in [0.25, 0.3) is 0 Å². The fourth-order valence-electron chi connectivity index (χ4n) is 2.64. The van der Waals surface area contributed by atoms with Gasteiger partial charge in [-0.25, -0.2) is 19.3 Å². The van der Waals surface area contributed by atoms with Crippen LogP contribution >= 0.6 is 0 Å². The number of nitrogens with zero attached hydrogens (tertiary/aromatic N) is 6. The molecule has 0 aliphatic carbocycles. The fraction of sp³-hybridized carbons (Fsp3) is 0.158. The molecule has 2 aromatic carbocycles. The van der Waals surface area contributed by atoms with E-state index >= 15 is 0 Å². The van der Waals surface area contributed by atoms with Crippen molar-refractivity contribution >= 4 is 0 Å². The molecule has 0 unspecified atom stereocenters. The molecule has 156 valence electrons. The van der Waals surface area contributed by atoms with Gasteiger partial charge in [0.05, 0.1) is 5.41 Å². The van der Waals surface area contributed by atoms with Gasteiger partial charge in [-0.1, -0.05) is 0 Å². The van der Waals surface area contributed by atoms with Crippen molar-refractivity contribution in [1.29, 1.82) is 0 Å². The number of hydrogen-bond donors (Lipinski definition) is 0. The van der Waals surface area contributed by atoms with Gasteiger partial charge in [0.1, 0.15) is 12.7 Å². The largest absolute Gasteiger partial charge is 2.00 e. The van der Waals surface area contributed by atoms with Crippen LogP contribution in [0.25, 0.3) is 11.4 Å². The molecule has 0 aliphatic rings. The second-order valence-corrected chi connectivity index (χ2v) is 6.68. The summed E-state index contributed by atoms with van der Waals surface area (Å²) in [6.45, 7) is 3.45. The number of benzene rings is 2. The minimum atomic E-state index is -0.941. The molecule has 2 heterocycles. The number of aromatic nitrogens is 6. The van der Waals surface area contributed by atoms with Crippen molar-refractivity contribution in [2.24, 2.45) is 0 Å². The van der Waals surface area contributed by atoms with Crippen molar-refractivity contribution in [3.05, 3.63) is 84.0 Å². The first-order valence-electron chi connectivity index (χ1n) is 8.34. The van der Waals surface area contributed by atoms with Crippen LogP contribution in [0.3, 0.4) is 0 Å². The van der Waals surface area contributed by atoms with Crippen LogP contribution in [0.5, 0.6) is 0 Å². The Bertz CT molecular complexity index is 1110. The fourth-order valence-corrected chi connectivity index (χ4v) is 2.64. The SMILES string of the molecule is CC(C)(c1ncn(-c2[c-]cc(F)cc2F)n1)c1ncn(-c2[c-]cc(F)cc2F)n1.[Pt+2]. The molecular formula is C19H12F4N6Pt. The van der Waals surface area contributed by atoms with Crippen LogP contribution in [0.4, 0.5) is 17.6 Å². The van der Waals surface area contributed by atoms with Gasteiger partial charge in [-0.05, 0) is 25.2 Å². The van der Waals surface area contributed by atoms with Crippen LogP contribution in [-0.2, 0) is 26.5 Å². The minimum absolute atomic E-state index is 0. The van der Waals surface area contributed by atoms with Gasteiger partial charge in [-0.15, -0.1) is 24.3 Å². The summed E-state index contributed by atoms with van der Waals surface area (Å²) in [4.78, 5) is 8.33. The monoisotopic (exact) mass is 595 g/mol. The van der Waals surface area contributed by atoms with E-state index in [0.717, 1.165) is 33.6 Å². The Morgan fingerprint density at radius 2 is 1.17 bits per heavy atom. The molecule has 0 amide bonds. The molecule has 4 aromatic rings. The van der Waals surface area contributed by atoms with E-state index in [9.17, 15) is 17.6 Å². The summed E-state index contributed by atoms with van der Waals surface area (Å²) in [5.41, 5.74) is -1.13. The van der Waals surface area contributed by atoms with Gasteiger partial charge < -0.3 is 0 Å². The van der Waals surface area contributed by atoms with Gasteiger partial charge in [0.2, 0.25) is 0 Å². The normalized spacial score (nSPS) is 11.4. The Morgan fingerprint density at radius 3 is 1.53 bits per heavy atom. The minimum Gasteiger partial charge on any atom is -0.284 e. The average molecular weight is 595 g/mol. The van der Waals surface area contributed by atoms with Crippen LogP contribution in [0, 0.1) is 35.4 Å². The molecule has 0 fully saturated rings. The summed E-state index contributed by atoms with van der Waals surface area (Å²) in [5, 5.41) is 8.44. The number of hydrogen-bond acceptors (Lipinski definition) is 4. The molecule has 11 heteroatoms. The topological polar surface area (TPSA) is 61.4 Å². The first-order chi connectivity index (χ1) is 13.8. The molecule has 0 radical (unpaired) electrons.